The van der Waals surface area contributed by atoms with Gasteiger partial charge >= 0.3 is 5.97 Å². The fourth-order valence-corrected chi connectivity index (χ4v) is 2.54. The van der Waals surface area contributed by atoms with Crippen molar-refractivity contribution >= 4 is 34.6 Å². The Kier molecular flexibility index (Phi) is 4.84. The van der Waals surface area contributed by atoms with E-state index in [2.05, 4.69) is 10.1 Å². The van der Waals surface area contributed by atoms with Crippen molar-refractivity contribution in [1.82, 2.24) is 0 Å². The summed E-state index contributed by atoms with van der Waals surface area (Å²) in [6, 6.07) is 7.34. The third-order valence-corrected chi connectivity index (χ3v) is 3.72. The number of ether oxygens (including phenoxy) is 1. The second-order valence-corrected chi connectivity index (χ2v) is 5.22. The summed E-state index contributed by atoms with van der Waals surface area (Å²) >= 11 is 1.17. The summed E-state index contributed by atoms with van der Waals surface area (Å²) in [6.45, 7) is 0. The lowest BCUT2D eigenvalue weighted by molar-refractivity contribution is -0.384. The first-order valence-electron chi connectivity index (χ1n) is 6.20. The number of nitrogens with zero attached hydrogens (tertiary/aromatic N) is 1. The molecule has 2 rings (SSSR count). The van der Waals surface area contributed by atoms with Crippen LogP contribution in [0.5, 0.6) is 0 Å². The van der Waals surface area contributed by atoms with Crippen LogP contribution in [-0.4, -0.2) is 23.9 Å². The largest absolute Gasteiger partial charge is 0.465 e. The van der Waals surface area contributed by atoms with Crippen molar-refractivity contribution in [2.45, 2.75) is 6.42 Å². The summed E-state index contributed by atoms with van der Waals surface area (Å²) < 4.78 is 4.63. The molecule has 0 atom stereocenters. The number of esters is 1. The van der Waals surface area contributed by atoms with Gasteiger partial charge in [-0.25, -0.2) is 4.79 Å². The van der Waals surface area contributed by atoms with Gasteiger partial charge in [-0.1, -0.05) is 12.1 Å². The Labute approximate surface area is 129 Å². The molecule has 0 spiro atoms. The highest BCUT2D eigenvalue weighted by Crippen LogP contribution is 2.23. The number of benzene rings is 1. The zero-order valence-electron chi connectivity index (χ0n) is 11.6. The third-order valence-electron chi connectivity index (χ3n) is 2.82. The molecule has 1 heterocycles. The predicted octanol–water partition coefficient (Wildman–Crippen LogP) is 2.62. The van der Waals surface area contributed by atoms with Crippen LogP contribution < -0.4 is 5.32 Å². The van der Waals surface area contributed by atoms with E-state index in [1.165, 1.54) is 42.7 Å². The molecule has 1 aromatic carbocycles. The van der Waals surface area contributed by atoms with Gasteiger partial charge in [0.25, 0.3) is 5.69 Å². The van der Waals surface area contributed by atoms with Gasteiger partial charge in [-0.05, 0) is 17.0 Å². The Morgan fingerprint density at radius 2 is 1.95 bits per heavy atom. The van der Waals surface area contributed by atoms with Crippen LogP contribution in [0, 0.1) is 10.1 Å². The van der Waals surface area contributed by atoms with Crippen molar-refractivity contribution in [2.24, 2.45) is 0 Å². The average molecular weight is 320 g/mol. The number of nitro groups is 1. The lowest BCUT2D eigenvalue weighted by Gasteiger charge is -2.05. The molecular weight excluding hydrogens is 308 g/mol. The van der Waals surface area contributed by atoms with E-state index < -0.39 is 10.9 Å². The fourth-order valence-electron chi connectivity index (χ4n) is 1.77. The summed E-state index contributed by atoms with van der Waals surface area (Å²) in [7, 11) is 1.27. The number of anilines is 1. The molecule has 0 aliphatic carbocycles. The minimum atomic E-state index is -0.513. The van der Waals surface area contributed by atoms with Crippen LogP contribution in [0.4, 0.5) is 11.4 Å². The number of hydrogen-bond acceptors (Lipinski definition) is 6. The first-order valence-corrected chi connectivity index (χ1v) is 7.08. The Bertz CT molecular complexity index is 708. The second kappa shape index (κ2) is 6.81. The molecule has 0 saturated carbocycles. The van der Waals surface area contributed by atoms with Crippen molar-refractivity contribution in [3.8, 4) is 0 Å². The smallest absolute Gasteiger partial charge is 0.350 e. The minimum Gasteiger partial charge on any atom is -0.465 e. The number of nitro benzene ring substituents is 1. The topological polar surface area (TPSA) is 98.5 Å². The number of nitrogens with one attached hydrogen (secondary N) is 1. The molecule has 0 aliphatic rings. The number of rotatable bonds is 5. The van der Waals surface area contributed by atoms with Crippen molar-refractivity contribution in [2.75, 3.05) is 12.4 Å². The summed E-state index contributed by atoms with van der Waals surface area (Å²) in [5, 5.41) is 14.9. The van der Waals surface area contributed by atoms with Gasteiger partial charge in [0.2, 0.25) is 5.91 Å². The molecular formula is C14H12N2O5S. The number of non-ortho nitro benzene ring substituents is 1. The van der Waals surface area contributed by atoms with Gasteiger partial charge in [-0.2, -0.15) is 0 Å². The molecule has 0 saturated heterocycles. The van der Waals surface area contributed by atoms with E-state index in [0.29, 0.717) is 16.1 Å². The molecule has 0 bridgehead atoms. The molecule has 114 valence electrons. The zero-order chi connectivity index (χ0) is 16.1. The predicted molar refractivity (Wildman–Crippen MR) is 81.1 cm³/mol. The van der Waals surface area contributed by atoms with Crippen LogP contribution in [0.2, 0.25) is 0 Å². The Morgan fingerprint density at radius 1 is 1.27 bits per heavy atom. The molecule has 0 unspecified atom stereocenters. The quantitative estimate of drug-likeness (QED) is 0.519. The molecule has 1 N–H and O–H groups in total. The monoisotopic (exact) mass is 320 g/mol. The molecule has 1 aromatic heterocycles. The van der Waals surface area contributed by atoms with E-state index in [1.54, 1.807) is 11.4 Å². The van der Waals surface area contributed by atoms with E-state index >= 15 is 0 Å². The normalized spacial score (nSPS) is 10.0. The highest BCUT2D eigenvalue weighted by molar-refractivity contribution is 7.12. The first kappa shape index (κ1) is 15.6. The molecule has 2 aromatic rings. The van der Waals surface area contributed by atoms with Crippen molar-refractivity contribution in [3.05, 3.63) is 56.3 Å². The number of hydrogen-bond donors (Lipinski definition) is 1. The third kappa shape index (κ3) is 3.67. The minimum absolute atomic E-state index is 0.0324. The number of carbonyl (C=O) groups is 2. The molecule has 0 fully saturated rings. The van der Waals surface area contributed by atoms with Crippen molar-refractivity contribution in [1.29, 1.82) is 0 Å². The van der Waals surface area contributed by atoms with Crippen LogP contribution >= 0.6 is 11.3 Å². The van der Waals surface area contributed by atoms with Crippen LogP contribution in [-0.2, 0) is 16.0 Å². The Hall–Kier alpha value is -2.74. The van der Waals surface area contributed by atoms with E-state index in [0.717, 1.165) is 0 Å². The van der Waals surface area contributed by atoms with Gasteiger partial charge in [0.1, 0.15) is 4.88 Å². The van der Waals surface area contributed by atoms with Crippen molar-refractivity contribution in [3.63, 3.8) is 0 Å². The maximum atomic E-state index is 12.0. The lowest BCUT2D eigenvalue weighted by atomic mass is 10.1. The average Bonchev–Trinajstić information content (AvgIpc) is 2.95. The molecule has 8 heteroatoms. The van der Waals surface area contributed by atoms with E-state index in [4.69, 9.17) is 0 Å². The Balaban J connectivity index is 2.03. The maximum Gasteiger partial charge on any atom is 0.350 e. The van der Waals surface area contributed by atoms with Crippen LogP contribution in [0.25, 0.3) is 0 Å². The summed E-state index contributed by atoms with van der Waals surface area (Å²) in [6.07, 6.45) is 0.0501. The zero-order valence-corrected chi connectivity index (χ0v) is 12.4. The van der Waals surface area contributed by atoms with E-state index in [-0.39, 0.29) is 18.0 Å². The van der Waals surface area contributed by atoms with Gasteiger partial charge in [0.15, 0.2) is 0 Å². The van der Waals surface area contributed by atoms with E-state index in [1.807, 2.05) is 0 Å². The number of amides is 1. The number of thiophene rings is 1. The second-order valence-electron chi connectivity index (χ2n) is 4.30. The van der Waals surface area contributed by atoms with Gasteiger partial charge < -0.3 is 10.1 Å². The molecule has 7 nitrogen and oxygen atoms in total. The van der Waals surface area contributed by atoms with Crippen LogP contribution in [0.15, 0.2) is 35.7 Å². The molecule has 0 aliphatic heterocycles. The number of methoxy groups -OCH3 is 1. The molecule has 22 heavy (non-hydrogen) atoms. The van der Waals surface area contributed by atoms with Gasteiger partial charge in [0.05, 0.1) is 24.1 Å². The highest BCUT2D eigenvalue weighted by atomic mass is 32.1. The van der Waals surface area contributed by atoms with Crippen LogP contribution in [0.1, 0.15) is 15.2 Å². The van der Waals surface area contributed by atoms with E-state index in [9.17, 15) is 19.7 Å². The van der Waals surface area contributed by atoms with Gasteiger partial charge in [-0.3, -0.25) is 14.9 Å². The highest BCUT2D eigenvalue weighted by Gasteiger charge is 2.16. The summed E-state index contributed by atoms with van der Waals surface area (Å²) in [4.78, 5) is 33.9. The summed E-state index contributed by atoms with van der Waals surface area (Å²) in [5.41, 5.74) is 0.997. The van der Waals surface area contributed by atoms with Crippen LogP contribution in [0.3, 0.4) is 0 Å². The lowest BCUT2D eigenvalue weighted by Crippen LogP contribution is -2.16. The molecule has 0 radical (unpaired) electrons. The number of carbonyl (C=O) groups excluding carboxylic acids is 2. The Morgan fingerprint density at radius 3 is 2.55 bits per heavy atom. The standard InChI is InChI=1S/C14H12N2O5S/c1-21-14(18)13-11(6-7-22-13)15-12(17)8-9-2-4-10(5-3-9)16(19)20/h2-7H,8H2,1H3,(H,15,17). The van der Waals surface area contributed by atoms with Gasteiger partial charge in [0, 0.05) is 12.1 Å². The fraction of sp³-hybridized carbons (Fsp3) is 0.143. The SMILES string of the molecule is COC(=O)c1sccc1NC(=O)Cc1ccc([N+](=O)[O-])cc1. The van der Waals surface area contributed by atoms with Gasteiger partial charge in [-0.15, -0.1) is 11.3 Å². The summed E-state index contributed by atoms with van der Waals surface area (Å²) in [5.74, 6) is -0.835. The molecule has 1 amide bonds. The maximum absolute atomic E-state index is 12.0. The first-order chi connectivity index (χ1) is 10.5. The van der Waals surface area contributed by atoms with Crippen molar-refractivity contribution < 1.29 is 19.2 Å².